The zero-order valence-electron chi connectivity index (χ0n) is 8.55. The first kappa shape index (κ1) is 11.9. The van der Waals surface area contributed by atoms with Crippen LogP contribution in [0.15, 0.2) is 0 Å². The Balaban J connectivity index is 4.12. The van der Waals surface area contributed by atoms with Gasteiger partial charge in [0.1, 0.15) is 0 Å². The lowest BCUT2D eigenvalue weighted by molar-refractivity contribution is -0.149. The summed E-state index contributed by atoms with van der Waals surface area (Å²) in [5, 5.41) is 11.4. The molecule has 0 aromatic heterocycles. The number of carbonyl (C=O) groups is 2. The highest BCUT2D eigenvalue weighted by molar-refractivity contribution is 5.84. The zero-order valence-corrected chi connectivity index (χ0v) is 8.55. The SMILES string of the molecule is CC(C)NC(=O)CC(C)(C)C(=O)O. The Bertz CT molecular complexity index is 209. The Morgan fingerprint density at radius 3 is 2.15 bits per heavy atom. The van der Waals surface area contributed by atoms with Crippen molar-refractivity contribution in [2.75, 3.05) is 0 Å². The van der Waals surface area contributed by atoms with Crippen LogP contribution < -0.4 is 5.32 Å². The molecule has 0 heterocycles. The van der Waals surface area contributed by atoms with Gasteiger partial charge in [-0.3, -0.25) is 9.59 Å². The van der Waals surface area contributed by atoms with Crippen molar-refractivity contribution in [1.29, 1.82) is 0 Å². The minimum Gasteiger partial charge on any atom is -0.481 e. The molecule has 0 rings (SSSR count). The molecule has 0 fully saturated rings. The van der Waals surface area contributed by atoms with Gasteiger partial charge in [0.05, 0.1) is 5.41 Å². The molecule has 13 heavy (non-hydrogen) atoms. The number of nitrogens with one attached hydrogen (secondary N) is 1. The fourth-order valence-electron chi connectivity index (χ4n) is 0.850. The third-order valence-corrected chi connectivity index (χ3v) is 1.63. The molecule has 76 valence electrons. The van der Waals surface area contributed by atoms with E-state index in [9.17, 15) is 9.59 Å². The Morgan fingerprint density at radius 1 is 1.38 bits per heavy atom. The summed E-state index contributed by atoms with van der Waals surface area (Å²) in [5.41, 5.74) is -0.987. The molecule has 4 heteroatoms. The first-order valence-electron chi connectivity index (χ1n) is 4.28. The van der Waals surface area contributed by atoms with Gasteiger partial charge in [-0.1, -0.05) is 0 Å². The largest absolute Gasteiger partial charge is 0.481 e. The Labute approximate surface area is 78.3 Å². The van der Waals surface area contributed by atoms with Gasteiger partial charge in [-0.05, 0) is 27.7 Å². The van der Waals surface area contributed by atoms with Crippen LogP contribution in [0.4, 0.5) is 0 Å². The third kappa shape index (κ3) is 4.50. The second-order valence-electron chi connectivity index (χ2n) is 4.09. The van der Waals surface area contributed by atoms with Crippen LogP contribution in [0.5, 0.6) is 0 Å². The molecule has 0 aliphatic heterocycles. The molecule has 0 saturated heterocycles. The van der Waals surface area contributed by atoms with Crippen molar-refractivity contribution in [1.82, 2.24) is 5.32 Å². The van der Waals surface area contributed by atoms with E-state index in [1.54, 1.807) is 0 Å². The van der Waals surface area contributed by atoms with Crippen LogP contribution in [0.1, 0.15) is 34.1 Å². The summed E-state index contributed by atoms with van der Waals surface area (Å²) < 4.78 is 0. The molecular weight excluding hydrogens is 170 g/mol. The van der Waals surface area contributed by atoms with E-state index in [0.29, 0.717) is 0 Å². The van der Waals surface area contributed by atoms with Crippen molar-refractivity contribution in [3.63, 3.8) is 0 Å². The number of amides is 1. The summed E-state index contributed by atoms with van der Waals surface area (Å²) >= 11 is 0. The van der Waals surface area contributed by atoms with Crippen molar-refractivity contribution in [2.45, 2.75) is 40.2 Å². The lowest BCUT2D eigenvalue weighted by Gasteiger charge is -2.19. The Morgan fingerprint density at radius 2 is 1.85 bits per heavy atom. The molecule has 0 aromatic carbocycles. The molecule has 0 atom stereocenters. The van der Waals surface area contributed by atoms with Crippen LogP contribution in [0, 0.1) is 5.41 Å². The highest BCUT2D eigenvalue weighted by atomic mass is 16.4. The van der Waals surface area contributed by atoms with Crippen molar-refractivity contribution >= 4 is 11.9 Å². The Kier molecular flexibility index (Phi) is 3.91. The summed E-state index contributed by atoms with van der Waals surface area (Å²) in [6.07, 6.45) is 0.0144. The van der Waals surface area contributed by atoms with Crippen molar-refractivity contribution in [2.24, 2.45) is 5.41 Å². The number of carboxylic acids is 1. The van der Waals surface area contributed by atoms with Gasteiger partial charge >= 0.3 is 5.97 Å². The molecular formula is C9H17NO3. The molecule has 0 aliphatic rings. The second kappa shape index (κ2) is 4.25. The molecule has 1 amide bonds. The first-order valence-corrected chi connectivity index (χ1v) is 4.28. The van der Waals surface area contributed by atoms with Gasteiger partial charge in [-0.15, -0.1) is 0 Å². The topological polar surface area (TPSA) is 66.4 Å². The number of carbonyl (C=O) groups excluding carboxylic acids is 1. The average molecular weight is 187 g/mol. The predicted octanol–water partition coefficient (Wildman–Crippen LogP) is 1.01. The fraction of sp³-hybridized carbons (Fsp3) is 0.778. The highest BCUT2D eigenvalue weighted by Gasteiger charge is 2.30. The number of carboxylic acid groups (broad SMARTS) is 1. The van der Waals surface area contributed by atoms with Crippen LogP contribution in [-0.4, -0.2) is 23.0 Å². The van der Waals surface area contributed by atoms with Crippen molar-refractivity contribution in [3.8, 4) is 0 Å². The molecule has 2 N–H and O–H groups in total. The smallest absolute Gasteiger partial charge is 0.309 e. The summed E-state index contributed by atoms with van der Waals surface area (Å²) in [7, 11) is 0. The van der Waals surface area contributed by atoms with Gasteiger partial charge in [0.2, 0.25) is 5.91 Å². The third-order valence-electron chi connectivity index (χ3n) is 1.63. The second-order valence-corrected chi connectivity index (χ2v) is 4.09. The molecule has 4 nitrogen and oxygen atoms in total. The highest BCUT2D eigenvalue weighted by Crippen LogP contribution is 2.19. The molecule has 0 aromatic rings. The van der Waals surface area contributed by atoms with Gasteiger partial charge < -0.3 is 10.4 Å². The predicted molar refractivity (Wildman–Crippen MR) is 49.3 cm³/mol. The fourth-order valence-corrected chi connectivity index (χ4v) is 0.850. The van der Waals surface area contributed by atoms with Crippen LogP contribution in [0.3, 0.4) is 0 Å². The molecule has 0 aliphatic carbocycles. The maximum atomic E-state index is 11.2. The molecule has 0 spiro atoms. The molecule has 0 saturated carbocycles. The summed E-state index contributed by atoms with van der Waals surface area (Å²) in [6, 6.07) is 0.0529. The normalized spacial score (nSPS) is 11.5. The van der Waals surface area contributed by atoms with E-state index in [2.05, 4.69) is 5.32 Å². The van der Waals surface area contributed by atoms with Crippen molar-refractivity contribution < 1.29 is 14.7 Å². The van der Waals surface area contributed by atoms with E-state index in [-0.39, 0.29) is 18.4 Å². The van der Waals surface area contributed by atoms with Gasteiger partial charge in [0.15, 0.2) is 0 Å². The summed E-state index contributed by atoms with van der Waals surface area (Å²) in [5.74, 6) is -1.17. The lowest BCUT2D eigenvalue weighted by atomic mass is 9.89. The number of rotatable bonds is 4. The quantitative estimate of drug-likeness (QED) is 0.690. The van der Waals surface area contributed by atoms with Crippen LogP contribution in [0.25, 0.3) is 0 Å². The van der Waals surface area contributed by atoms with Crippen molar-refractivity contribution in [3.05, 3.63) is 0 Å². The summed E-state index contributed by atoms with van der Waals surface area (Å²) in [6.45, 7) is 6.75. The minimum atomic E-state index is -0.987. The number of hydrogen-bond donors (Lipinski definition) is 2. The maximum absolute atomic E-state index is 11.2. The van der Waals surface area contributed by atoms with E-state index in [4.69, 9.17) is 5.11 Å². The maximum Gasteiger partial charge on any atom is 0.309 e. The average Bonchev–Trinajstić information content (AvgIpc) is 1.82. The molecule has 0 radical (unpaired) electrons. The standard InChI is InChI=1S/C9H17NO3/c1-6(2)10-7(11)5-9(3,4)8(12)13/h6H,5H2,1-4H3,(H,10,11)(H,12,13). The monoisotopic (exact) mass is 187 g/mol. The molecule has 0 unspecified atom stereocenters. The first-order chi connectivity index (χ1) is 5.75. The van der Waals surface area contributed by atoms with Gasteiger partial charge in [0.25, 0.3) is 0 Å². The Hall–Kier alpha value is -1.06. The van der Waals surface area contributed by atoms with Crippen LogP contribution >= 0.6 is 0 Å². The van der Waals surface area contributed by atoms with E-state index < -0.39 is 11.4 Å². The van der Waals surface area contributed by atoms with E-state index in [1.807, 2.05) is 13.8 Å². The van der Waals surface area contributed by atoms with E-state index in [0.717, 1.165) is 0 Å². The zero-order chi connectivity index (χ0) is 10.6. The number of hydrogen-bond acceptors (Lipinski definition) is 2. The van der Waals surface area contributed by atoms with Crippen LogP contribution in [-0.2, 0) is 9.59 Å². The van der Waals surface area contributed by atoms with Gasteiger partial charge in [-0.25, -0.2) is 0 Å². The van der Waals surface area contributed by atoms with Gasteiger partial charge in [0, 0.05) is 12.5 Å². The molecule has 0 bridgehead atoms. The van der Waals surface area contributed by atoms with E-state index >= 15 is 0 Å². The summed E-state index contributed by atoms with van der Waals surface area (Å²) in [4.78, 5) is 21.9. The van der Waals surface area contributed by atoms with E-state index in [1.165, 1.54) is 13.8 Å². The van der Waals surface area contributed by atoms with Gasteiger partial charge in [-0.2, -0.15) is 0 Å². The van der Waals surface area contributed by atoms with Crippen LogP contribution in [0.2, 0.25) is 0 Å². The lowest BCUT2D eigenvalue weighted by Crippen LogP contribution is -2.36. The number of aliphatic carboxylic acids is 1. The minimum absolute atomic E-state index is 0.0144.